The Morgan fingerprint density at radius 1 is 1.33 bits per heavy atom. The van der Waals surface area contributed by atoms with Crippen LogP contribution in [0.3, 0.4) is 0 Å². The first-order valence-electron chi connectivity index (χ1n) is 5.82. The molecular weight excluding hydrogens is 188 g/mol. The van der Waals surface area contributed by atoms with Crippen molar-refractivity contribution < 1.29 is 4.74 Å². The third-order valence-corrected chi connectivity index (χ3v) is 3.56. The molecule has 3 heteroatoms. The van der Waals surface area contributed by atoms with E-state index in [2.05, 4.69) is 39.6 Å². The van der Waals surface area contributed by atoms with Gasteiger partial charge in [-0.1, -0.05) is 13.8 Å². The van der Waals surface area contributed by atoms with Gasteiger partial charge in [-0.25, -0.2) is 0 Å². The summed E-state index contributed by atoms with van der Waals surface area (Å²) in [7, 11) is 3.87. The van der Waals surface area contributed by atoms with Gasteiger partial charge in [-0.3, -0.25) is 4.90 Å². The monoisotopic (exact) mass is 216 g/mol. The molecule has 0 amide bonds. The summed E-state index contributed by atoms with van der Waals surface area (Å²) in [4.78, 5) is 2.32. The molecule has 0 aliphatic carbocycles. The zero-order chi connectivity index (χ0) is 12.1. The van der Waals surface area contributed by atoms with Crippen LogP contribution in [0.2, 0.25) is 0 Å². The van der Waals surface area contributed by atoms with Crippen LogP contribution in [-0.4, -0.2) is 43.8 Å². The lowest BCUT2D eigenvalue weighted by Gasteiger charge is -2.42. The van der Waals surface area contributed by atoms with Crippen molar-refractivity contribution in [2.45, 2.75) is 45.8 Å². The lowest BCUT2D eigenvalue weighted by Crippen LogP contribution is -2.57. The van der Waals surface area contributed by atoms with Crippen molar-refractivity contribution in [1.29, 1.82) is 0 Å². The number of hydrogen-bond acceptors (Lipinski definition) is 3. The Morgan fingerprint density at radius 2 is 1.87 bits per heavy atom. The van der Waals surface area contributed by atoms with E-state index in [0.29, 0.717) is 6.54 Å². The van der Waals surface area contributed by atoms with Crippen LogP contribution in [0.25, 0.3) is 0 Å². The van der Waals surface area contributed by atoms with Crippen LogP contribution in [0.15, 0.2) is 0 Å². The standard InChI is InChI=1S/C12H28N2O/c1-10(2)7-8-14(5)12(4,9-13)11(3)15-6/h10-11H,7-9,13H2,1-6H3. The maximum absolute atomic E-state index is 5.87. The van der Waals surface area contributed by atoms with Gasteiger partial charge in [-0.15, -0.1) is 0 Å². The van der Waals surface area contributed by atoms with Gasteiger partial charge in [-0.05, 0) is 39.8 Å². The van der Waals surface area contributed by atoms with Crippen LogP contribution in [0.5, 0.6) is 0 Å². The average Bonchev–Trinajstić information content (AvgIpc) is 2.23. The fourth-order valence-corrected chi connectivity index (χ4v) is 1.59. The van der Waals surface area contributed by atoms with Crippen molar-refractivity contribution >= 4 is 0 Å². The molecule has 0 aromatic rings. The molecule has 0 heterocycles. The van der Waals surface area contributed by atoms with Crippen LogP contribution in [0.1, 0.15) is 34.1 Å². The highest BCUT2D eigenvalue weighted by atomic mass is 16.5. The molecule has 3 nitrogen and oxygen atoms in total. The van der Waals surface area contributed by atoms with Gasteiger partial charge in [0.2, 0.25) is 0 Å². The molecule has 0 rings (SSSR count). The zero-order valence-electron chi connectivity index (χ0n) is 11.2. The highest BCUT2D eigenvalue weighted by Crippen LogP contribution is 2.20. The normalized spacial score (nSPS) is 18.2. The molecule has 0 aliphatic heterocycles. The first-order valence-corrected chi connectivity index (χ1v) is 5.82. The second-order valence-corrected chi connectivity index (χ2v) is 5.04. The molecule has 2 atom stereocenters. The molecule has 0 bridgehead atoms. The van der Waals surface area contributed by atoms with Crippen molar-refractivity contribution in [1.82, 2.24) is 4.90 Å². The number of rotatable bonds is 7. The smallest absolute Gasteiger partial charge is 0.0736 e. The summed E-state index contributed by atoms with van der Waals surface area (Å²) in [5, 5.41) is 0. The Hall–Kier alpha value is -0.120. The van der Waals surface area contributed by atoms with E-state index in [-0.39, 0.29) is 11.6 Å². The lowest BCUT2D eigenvalue weighted by atomic mass is 9.93. The molecule has 0 saturated heterocycles. The van der Waals surface area contributed by atoms with Gasteiger partial charge in [0.15, 0.2) is 0 Å². The minimum absolute atomic E-state index is 0.0658. The summed E-state index contributed by atoms with van der Waals surface area (Å²) < 4.78 is 5.41. The van der Waals surface area contributed by atoms with E-state index in [0.717, 1.165) is 12.5 Å². The number of hydrogen-bond donors (Lipinski definition) is 1. The molecule has 0 fully saturated rings. The van der Waals surface area contributed by atoms with Gasteiger partial charge in [-0.2, -0.15) is 0 Å². The van der Waals surface area contributed by atoms with E-state index in [1.807, 2.05) is 0 Å². The van der Waals surface area contributed by atoms with Crippen LogP contribution in [0.4, 0.5) is 0 Å². The molecule has 0 aromatic carbocycles. The minimum Gasteiger partial charge on any atom is -0.380 e. The third kappa shape index (κ3) is 4.09. The molecule has 0 radical (unpaired) electrons. The number of nitrogens with zero attached hydrogens (tertiary/aromatic N) is 1. The van der Waals surface area contributed by atoms with Crippen molar-refractivity contribution in [3.8, 4) is 0 Å². The summed E-state index contributed by atoms with van der Waals surface area (Å²) in [5.74, 6) is 0.729. The average molecular weight is 216 g/mol. The fourth-order valence-electron chi connectivity index (χ4n) is 1.59. The topological polar surface area (TPSA) is 38.5 Å². The Kier molecular flexibility index (Phi) is 6.41. The number of nitrogens with two attached hydrogens (primary N) is 1. The summed E-state index contributed by atoms with van der Waals surface area (Å²) in [6.07, 6.45) is 1.35. The van der Waals surface area contributed by atoms with E-state index < -0.39 is 0 Å². The molecule has 0 aliphatic rings. The molecule has 0 aromatic heterocycles. The van der Waals surface area contributed by atoms with Crippen LogP contribution in [-0.2, 0) is 4.74 Å². The Bertz CT molecular complexity index is 173. The summed E-state index contributed by atoms with van der Waals surface area (Å²) in [6, 6.07) is 0. The molecule has 2 unspecified atom stereocenters. The summed E-state index contributed by atoms with van der Waals surface area (Å²) in [5.41, 5.74) is 5.80. The molecular formula is C12H28N2O. The van der Waals surface area contributed by atoms with Crippen molar-refractivity contribution in [3.63, 3.8) is 0 Å². The minimum atomic E-state index is -0.0658. The second-order valence-electron chi connectivity index (χ2n) is 5.04. The predicted octanol–water partition coefficient (Wildman–Crippen LogP) is 1.72. The Balaban J connectivity index is 4.37. The van der Waals surface area contributed by atoms with Crippen molar-refractivity contribution in [2.24, 2.45) is 11.7 Å². The maximum atomic E-state index is 5.87. The van der Waals surface area contributed by atoms with Gasteiger partial charge in [0.05, 0.1) is 11.6 Å². The zero-order valence-corrected chi connectivity index (χ0v) is 11.2. The van der Waals surface area contributed by atoms with Crippen molar-refractivity contribution in [3.05, 3.63) is 0 Å². The van der Waals surface area contributed by atoms with E-state index in [1.54, 1.807) is 7.11 Å². The summed E-state index contributed by atoms with van der Waals surface area (Å²) >= 11 is 0. The van der Waals surface area contributed by atoms with Crippen molar-refractivity contribution in [2.75, 3.05) is 27.2 Å². The Morgan fingerprint density at radius 3 is 2.20 bits per heavy atom. The van der Waals surface area contributed by atoms with E-state index in [1.165, 1.54) is 6.42 Å². The van der Waals surface area contributed by atoms with Gasteiger partial charge < -0.3 is 10.5 Å². The van der Waals surface area contributed by atoms with Gasteiger partial charge in [0.1, 0.15) is 0 Å². The second kappa shape index (κ2) is 6.46. The number of likely N-dealkylation sites (N-methyl/N-ethyl adjacent to an activating group) is 1. The summed E-state index contributed by atoms with van der Waals surface area (Å²) in [6.45, 7) is 10.4. The SMILES string of the molecule is COC(C)C(C)(CN)N(C)CCC(C)C. The quantitative estimate of drug-likeness (QED) is 0.704. The van der Waals surface area contributed by atoms with E-state index >= 15 is 0 Å². The highest BCUT2D eigenvalue weighted by Gasteiger charge is 2.33. The third-order valence-electron chi connectivity index (χ3n) is 3.56. The van der Waals surface area contributed by atoms with Gasteiger partial charge in [0.25, 0.3) is 0 Å². The largest absolute Gasteiger partial charge is 0.380 e. The van der Waals surface area contributed by atoms with Crippen LogP contribution < -0.4 is 5.73 Å². The van der Waals surface area contributed by atoms with E-state index in [9.17, 15) is 0 Å². The fraction of sp³-hybridized carbons (Fsp3) is 1.00. The van der Waals surface area contributed by atoms with Crippen LogP contribution in [0, 0.1) is 5.92 Å². The molecule has 0 saturated carbocycles. The molecule has 0 spiro atoms. The van der Waals surface area contributed by atoms with Gasteiger partial charge >= 0.3 is 0 Å². The maximum Gasteiger partial charge on any atom is 0.0736 e. The lowest BCUT2D eigenvalue weighted by molar-refractivity contribution is -0.0208. The predicted molar refractivity (Wildman–Crippen MR) is 66.0 cm³/mol. The van der Waals surface area contributed by atoms with Crippen LogP contribution >= 0.6 is 0 Å². The number of ether oxygens (including phenoxy) is 1. The first-order chi connectivity index (χ1) is 6.88. The highest BCUT2D eigenvalue weighted by molar-refractivity contribution is 4.91. The van der Waals surface area contributed by atoms with E-state index in [4.69, 9.17) is 10.5 Å². The molecule has 92 valence electrons. The Labute approximate surface area is 95.0 Å². The molecule has 15 heavy (non-hydrogen) atoms. The van der Waals surface area contributed by atoms with Gasteiger partial charge in [0, 0.05) is 13.7 Å². The number of methoxy groups -OCH3 is 1. The molecule has 2 N–H and O–H groups in total. The first kappa shape index (κ1) is 14.9.